The second-order valence-corrected chi connectivity index (χ2v) is 10.1. The number of halogens is 2. The minimum Gasteiger partial charge on any atom is -0.372 e. The molecular formula is C37H58F2N4. The van der Waals surface area contributed by atoms with E-state index in [9.17, 15) is 8.78 Å². The smallest absolute Gasteiger partial charge is 0.126 e. The number of hydrogen-bond donors (Lipinski definition) is 1. The van der Waals surface area contributed by atoms with Crippen molar-refractivity contribution in [1.82, 2.24) is 10.2 Å². The molecule has 1 aromatic rings. The zero-order valence-electron chi connectivity index (χ0n) is 28.6. The summed E-state index contributed by atoms with van der Waals surface area (Å²) in [6.07, 6.45) is 22.8. The van der Waals surface area contributed by atoms with Crippen molar-refractivity contribution >= 4 is 11.4 Å². The van der Waals surface area contributed by atoms with Crippen molar-refractivity contribution in [1.29, 1.82) is 0 Å². The molecule has 1 heterocycles. The molecular weight excluding hydrogens is 538 g/mol. The molecule has 0 aromatic heterocycles. The van der Waals surface area contributed by atoms with E-state index in [1.165, 1.54) is 35.4 Å². The monoisotopic (exact) mass is 596 g/mol. The van der Waals surface area contributed by atoms with Gasteiger partial charge in [-0.05, 0) is 71.6 Å². The molecule has 2 rings (SSSR count). The summed E-state index contributed by atoms with van der Waals surface area (Å²) in [5.41, 5.74) is 6.54. The van der Waals surface area contributed by atoms with Crippen LogP contribution in [0.1, 0.15) is 100 Å². The van der Waals surface area contributed by atoms with Gasteiger partial charge in [-0.1, -0.05) is 65.7 Å². The normalized spacial score (nSPS) is 16.5. The Bertz CT molecular complexity index is 1090. The Hall–Kier alpha value is -3.30. The highest BCUT2D eigenvalue weighted by Crippen LogP contribution is 2.24. The topological polar surface area (TPSA) is 40.0 Å². The average molecular weight is 597 g/mol. The molecule has 1 aliphatic rings. The third-order valence-corrected chi connectivity index (χ3v) is 6.22. The number of terminal acetylenes is 1. The van der Waals surface area contributed by atoms with E-state index in [1.54, 1.807) is 0 Å². The Labute approximate surface area is 262 Å². The standard InChI is InChI=1S/C23H38N4.C9H10F2.C3H8.C2H2/c1-8-12-14-25-19(6)23(20(7)27-16-15-24-18(5)17-27)21(10-3)22(11-4)26-13-9-2;1-2-3-7-4-8(10)6-9(11)5-7;1-3-2;1-2/h9-10,12-14,18,24H,8,11,15-17H2,1-7H3;4-6H,2-3H2,1H3;3H2,1-2H3;1-2H/b13-9-,14-12+,21-10-,23-20-,25-19+,26-22+;;;. The van der Waals surface area contributed by atoms with E-state index in [0.29, 0.717) is 6.04 Å². The Kier molecular flexibility index (Phi) is 25.6. The first kappa shape index (κ1) is 41.8. The summed E-state index contributed by atoms with van der Waals surface area (Å²) in [6.45, 7) is 24.2. The van der Waals surface area contributed by atoms with Crippen LogP contribution in [0.5, 0.6) is 0 Å². The third-order valence-electron chi connectivity index (χ3n) is 6.22. The molecule has 6 heteroatoms. The van der Waals surface area contributed by atoms with Crippen LogP contribution < -0.4 is 5.32 Å². The van der Waals surface area contributed by atoms with Gasteiger partial charge in [-0.2, -0.15) is 0 Å². The Morgan fingerprint density at radius 3 is 2.07 bits per heavy atom. The van der Waals surface area contributed by atoms with Gasteiger partial charge in [-0.3, -0.25) is 9.98 Å². The molecule has 1 fully saturated rings. The van der Waals surface area contributed by atoms with Crippen LogP contribution in [0.25, 0.3) is 0 Å². The number of nitrogens with zero attached hydrogens (tertiary/aromatic N) is 3. The van der Waals surface area contributed by atoms with Crippen molar-refractivity contribution in [2.45, 2.75) is 107 Å². The van der Waals surface area contributed by atoms with Gasteiger partial charge in [-0.15, -0.1) is 12.8 Å². The van der Waals surface area contributed by atoms with Crippen LogP contribution in [0.4, 0.5) is 8.78 Å². The first-order chi connectivity index (χ1) is 20.6. The molecule has 43 heavy (non-hydrogen) atoms. The zero-order chi connectivity index (χ0) is 33.2. The van der Waals surface area contributed by atoms with Crippen LogP contribution >= 0.6 is 0 Å². The Morgan fingerprint density at radius 2 is 1.60 bits per heavy atom. The van der Waals surface area contributed by atoms with Crippen molar-refractivity contribution in [2.24, 2.45) is 9.98 Å². The highest BCUT2D eigenvalue weighted by atomic mass is 19.1. The second kappa shape index (κ2) is 26.3. The van der Waals surface area contributed by atoms with Gasteiger partial charge in [0.05, 0.1) is 0 Å². The molecule has 1 aromatic carbocycles. The van der Waals surface area contributed by atoms with Gasteiger partial charge in [0.15, 0.2) is 0 Å². The van der Waals surface area contributed by atoms with Crippen molar-refractivity contribution in [3.63, 3.8) is 0 Å². The molecule has 240 valence electrons. The lowest BCUT2D eigenvalue weighted by atomic mass is 9.93. The van der Waals surface area contributed by atoms with E-state index in [-0.39, 0.29) is 0 Å². The van der Waals surface area contributed by atoms with E-state index in [1.807, 2.05) is 32.3 Å². The van der Waals surface area contributed by atoms with E-state index in [0.717, 1.165) is 68.4 Å². The van der Waals surface area contributed by atoms with Crippen molar-refractivity contribution in [3.05, 3.63) is 82.9 Å². The molecule has 1 saturated heterocycles. The molecule has 1 unspecified atom stereocenters. The Morgan fingerprint density at radius 1 is 1.00 bits per heavy atom. The molecule has 0 aliphatic carbocycles. The highest BCUT2D eigenvalue weighted by molar-refractivity contribution is 6.16. The summed E-state index contributed by atoms with van der Waals surface area (Å²) < 4.78 is 25.0. The van der Waals surface area contributed by atoms with Crippen LogP contribution in [0.2, 0.25) is 0 Å². The van der Waals surface area contributed by atoms with Crippen molar-refractivity contribution in [2.75, 3.05) is 19.6 Å². The minimum atomic E-state index is -0.492. The van der Waals surface area contributed by atoms with Gasteiger partial charge in [0, 0.05) is 72.4 Å². The zero-order valence-corrected chi connectivity index (χ0v) is 28.6. The SMILES string of the molecule is C#C.CCC.CCCc1cc(F)cc(F)c1.C\C=C/N=C(CC)/C(=C/C)C(/C(C)=N/C=C/CC)=C(/C)N1CCNC(C)C1. The maximum Gasteiger partial charge on any atom is 0.126 e. The number of nitrogens with one attached hydrogen (secondary N) is 1. The minimum absolute atomic E-state index is 0.489. The van der Waals surface area contributed by atoms with E-state index in [2.05, 4.69) is 90.6 Å². The fourth-order valence-corrected chi connectivity index (χ4v) is 4.40. The molecule has 4 nitrogen and oxygen atoms in total. The quantitative estimate of drug-likeness (QED) is 0.166. The summed E-state index contributed by atoms with van der Waals surface area (Å²) in [5, 5.41) is 3.53. The van der Waals surface area contributed by atoms with E-state index in [4.69, 9.17) is 9.98 Å². The highest BCUT2D eigenvalue weighted by Gasteiger charge is 2.22. The van der Waals surface area contributed by atoms with Crippen LogP contribution in [0.3, 0.4) is 0 Å². The predicted molar refractivity (Wildman–Crippen MR) is 187 cm³/mol. The fourth-order valence-electron chi connectivity index (χ4n) is 4.40. The van der Waals surface area contributed by atoms with Gasteiger partial charge in [0.2, 0.25) is 0 Å². The molecule has 0 saturated carbocycles. The van der Waals surface area contributed by atoms with Crippen LogP contribution in [-0.4, -0.2) is 42.0 Å². The molecule has 1 atom stereocenters. The molecule has 1 aliphatic heterocycles. The lowest BCUT2D eigenvalue weighted by molar-refractivity contribution is 0.255. The number of benzene rings is 1. The van der Waals surface area contributed by atoms with E-state index >= 15 is 0 Å². The maximum atomic E-state index is 12.5. The summed E-state index contributed by atoms with van der Waals surface area (Å²) in [4.78, 5) is 11.9. The fraction of sp³-hybridized carbons (Fsp3) is 0.514. The number of piperazine rings is 1. The van der Waals surface area contributed by atoms with Crippen molar-refractivity contribution < 1.29 is 8.78 Å². The molecule has 0 radical (unpaired) electrons. The van der Waals surface area contributed by atoms with Crippen LogP contribution in [0, 0.1) is 24.5 Å². The van der Waals surface area contributed by atoms with Gasteiger partial charge in [-0.25, -0.2) is 8.78 Å². The summed E-state index contributed by atoms with van der Waals surface area (Å²) >= 11 is 0. The molecule has 1 N–H and O–H groups in total. The molecule has 0 spiro atoms. The van der Waals surface area contributed by atoms with E-state index < -0.39 is 11.6 Å². The number of hydrogen-bond acceptors (Lipinski definition) is 4. The molecule has 0 bridgehead atoms. The lowest BCUT2D eigenvalue weighted by Gasteiger charge is -2.36. The number of aryl methyl sites for hydroxylation is 1. The number of allylic oxidation sites excluding steroid dienone is 6. The van der Waals surface area contributed by atoms with Gasteiger partial charge in [0.1, 0.15) is 11.6 Å². The largest absolute Gasteiger partial charge is 0.372 e. The predicted octanol–water partition coefficient (Wildman–Crippen LogP) is 9.85. The third kappa shape index (κ3) is 17.4. The van der Waals surface area contributed by atoms with Gasteiger partial charge < -0.3 is 10.2 Å². The van der Waals surface area contributed by atoms with Crippen LogP contribution in [0.15, 0.2) is 75.7 Å². The first-order valence-corrected chi connectivity index (χ1v) is 15.7. The summed E-state index contributed by atoms with van der Waals surface area (Å²) in [5.74, 6) is -0.984. The van der Waals surface area contributed by atoms with Gasteiger partial charge >= 0.3 is 0 Å². The summed E-state index contributed by atoms with van der Waals surface area (Å²) in [6, 6.07) is 4.11. The second-order valence-electron chi connectivity index (χ2n) is 10.1. The first-order valence-electron chi connectivity index (χ1n) is 15.7. The number of aliphatic imine (C=N–C) groups is 2. The average Bonchev–Trinajstić information content (AvgIpc) is 2.98. The van der Waals surface area contributed by atoms with Crippen molar-refractivity contribution in [3.8, 4) is 12.8 Å². The number of rotatable bonds is 10. The molecule has 0 amide bonds. The van der Waals surface area contributed by atoms with Gasteiger partial charge in [0.25, 0.3) is 0 Å². The summed E-state index contributed by atoms with van der Waals surface area (Å²) in [7, 11) is 0. The van der Waals surface area contributed by atoms with Crippen LogP contribution in [-0.2, 0) is 6.42 Å². The lowest BCUT2D eigenvalue weighted by Crippen LogP contribution is -2.48. The maximum absolute atomic E-state index is 12.5. The Balaban J connectivity index is 0.